The smallest absolute Gasteiger partial charge is 1.00 e. The summed E-state index contributed by atoms with van der Waals surface area (Å²) in [6, 6.07) is 14.8. The van der Waals surface area contributed by atoms with Gasteiger partial charge in [-0.25, -0.2) is 0 Å². The zero-order chi connectivity index (χ0) is 26.6. The van der Waals surface area contributed by atoms with Crippen molar-refractivity contribution in [2.45, 2.75) is 106 Å². The van der Waals surface area contributed by atoms with Crippen LogP contribution in [0.15, 0.2) is 59.7 Å². The average Bonchev–Trinajstić information content (AvgIpc) is 3.37. The van der Waals surface area contributed by atoms with Gasteiger partial charge in [0.25, 0.3) is 0 Å². The normalized spacial score (nSPS) is 23.4. The molecule has 1 fully saturated rings. The van der Waals surface area contributed by atoms with E-state index in [4.69, 9.17) is 0 Å². The van der Waals surface area contributed by atoms with Gasteiger partial charge < -0.3 is 24.8 Å². The van der Waals surface area contributed by atoms with E-state index in [2.05, 4.69) is 132 Å². The quantitative estimate of drug-likeness (QED) is 0.383. The van der Waals surface area contributed by atoms with Crippen molar-refractivity contribution in [3.63, 3.8) is 0 Å². The molecule has 0 N–H and O–H groups in total. The van der Waals surface area contributed by atoms with Crippen molar-refractivity contribution in [2.24, 2.45) is 22.2 Å². The summed E-state index contributed by atoms with van der Waals surface area (Å²) in [5.41, 5.74) is 12.9. The van der Waals surface area contributed by atoms with Crippen molar-refractivity contribution in [3.05, 3.63) is 82.0 Å². The summed E-state index contributed by atoms with van der Waals surface area (Å²) in [5, 5.41) is 0. The molecule has 2 unspecified atom stereocenters. The topological polar surface area (TPSA) is 0 Å². The van der Waals surface area contributed by atoms with Crippen molar-refractivity contribution in [1.29, 1.82) is 0 Å². The third-order valence-corrected chi connectivity index (χ3v) is 9.58. The van der Waals surface area contributed by atoms with Gasteiger partial charge in [-0.3, -0.25) is 0 Å². The second kappa shape index (κ2) is 10.6. The maximum atomic E-state index is 2.65. The first kappa shape index (κ1) is 34.6. The summed E-state index contributed by atoms with van der Waals surface area (Å²) in [5.74, 6) is 0.909. The first-order valence-electron chi connectivity index (χ1n) is 14.1. The summed E-state index contributed by atoms with van der Waals surface area (Å²) in [4.78, 5) is 0. The van der Waals surface area contributed by atoms with Crippen LogP contribution in [0.25, 0.3) is 11.1 Å². The van der Waals surface area contributed by atoms with Crippen LogP contribution < -0.4 is 24.8 Å². The van der Waals surface area contributed by atoms with Gasteiger partial charge in [0.2, 0.25) is 0 Å². The number of rotatable bonds is 1. The van der Waals surface area contributed by atoms with Crippen molar-refractivity contribution in [3.8, 4) is 11.1 Å². The van der Waals surface area contributed by atoms with Crippen molar-refractivity contribution >= 4 is 0 Å². The fourth-order valence-electron chi connectivity index (χ4n) is 7.54. The van der Waals surface area contributed by atoms with E-state index < -0.39 is 0 Å². The van der Waals surface area contributed by atoms with Crippen LogP contribution in [0.3, 0.4) is 0 Å². The van der Waals surface area contributed by atoms with E-state index in [1.807, 2.05) is 0 Å². The van der Waals surface area contributed by atoms with Crippen molar-refractivity contribution < 1.29 is 50.7 Å². The van der Waals surface area contributed by atoms with Gasteiger partial charge in [-0.05, 0) is 72.4 Å². The molecular formula is C36H48Cl2Hf. The first-order chi connectivity index (χ1) is 16.3. The van der Waals surface area contributed by atoms with Crippen LogP contribution in [0.4, 0.5) is 0 Å². The molecular weight excluding hydrogens is 682 g/mol. The predicted molar refractivity (Wildman–Crippen MR) is 157 cm³/mol. The summed E-state index contributed by atoms with van der Waals surface area (Å²) < 4.78 is 0. The molecule has 2 aromatic carbocycles. The molecule has 0 radical (unpaired) electrons. The van der Waals surface area contributed by atoms with E-state index in [0.717, 1.165) is 0 Å². The minimum absolute atomic E-state index is 0. The summed E-state index contributed by atoms with van der Waals surface area (Å²) in [6.07, 6.45) is 6.43. The molecule has 0 aliphatic heterocycles. The van der Waals surface area contributed by atoms with Crippen LogP contribution in [-0.2, 0) is 36.7 Å². The molecule has 2 atom stereocenters. The van der Waals surface area contributed by atoms with Gasteiger partial charge in [-0.2, -0.15) is 0 Å². The van der Waals surface area contributed by atoms with E-state index in [-0.39, 0.29) is 77.7 Å². The van der Waals surface area contributed by atoms with Crippen LogP contribution in [0.5, 0.6) is 0 Å². The van der Waals surface area contributed by atoms with Gasteiger partial charge in [0, 0.05) is 11.8 Å². The number of benzene rings is 2. The van der Waals surface area contributed by atoms with E-state index >= 15 is 0 Å². The Hall–Kier alpha value is -0.630. The largest absolute Gasteiger partial charge is 2.00 e. The van der Waals surface area contributed by atoms with Crippen LogP contribution in [0.2, 0.25) is 0 Å². The molecule has 0 spiro atoms. The monoisotopic (exact) mass is 730 g/mol. The zero-order valence-electron chi connectivity index (χ0n) is 26.2. The van der Waals surface area contributed by atoms with Crippen molar-refractivity contribution in [2.75, 3.05) is 0 Å². The molecule has 3 heteroatoms. The van der Waals surface area contributed by atoms with Gasteiger partial charge in [0.05, 0.1) is 0 Å². The summed E-state index contributed by atoms with van der Waals surface area (Å²) in [7, 11) is 0. The molecule has 0 saturated heterocycles. The number of hydrogen-bond acceptors (Lipinski definition) is 0. The van der Waals surface area contributed by atoms with Gasteiger partial charge in [0.1, 0.15) is 0 Å². The average molecular weight is 730 g/mol. The van der Waals surface area contributed by atoms with Crippen LogP contribution in [-0.4, -0.2) is 0 Å². The standard InChI is InChI=1S/C36H48.2ClH.Hf/c1-32(2,3)22-13-15-25-27(17-22)28-18-23(33(4,5)6)14-16-26(28)31(25)36(12)21-35(10,11)29-19-24(20-30(29)36)34(7,8)9;;;/h13-20,30-31H,21H2,1-12H3;2*1H;/q;;;+2/p-2. The van der Waals surface area contributed by atoms with E-state index in [9.17, 15) is 0 Å². The molecule has 0 nitrogen and oxygen atoms in total. The minimum atomic E-state index is 0. The van der Waals surface area contributed by atoms with Gasteiger partial charge in [0.15, 0.2) is 0 Å². The molecule has 39 heavy (non-hydrogen) atoms. The van der Waals surface area contributed by atoms with E-state index in [1.165, 1.54) is 34.2 Å². The molecule has 0 bridgehead atoms. The van der Waals surface area contributed by atoms with Crippen LogP contribution in [0, 0.1) is 22.2 Å². The molecule has 2 aromatic rings. The SMILES string of the molecule is CC(C)(C)C1=CC2C(=C1)C(C)(C)CC2(C)C1c2ccc(C(C)(C)C)cc2-c2cc(C(C)(C)C)ccc21.[Cl-].[Cl-].[Hf+2]. The van der Waals surface area contributed by atoms with Gasteiger partial charge in [-0.1, -0.05) is 137 Å². The Bertz CT molecular complexity index is 1240. The predicted octanol–water partition coefficient (Wildman–Crippen LogP) is 4.36. The zero-order valence-corrected chi connectivity index (χ0v) is 31.3. The molecule has 0 aromatic heterocycles. The van der Waals surface area contributed by atoms with Crippen LogP contribution in [0.1, 0.15) is 118 Å². The second-order valence-corrected chi connectivity index (χ2v) is 16.1. The molecule has 1 saturated carbocycles. The third kappa shape index (κ3) is 5.60. The molecule has 210 valence electrons. The van der Waals surface area contributed by atoms with Gasteiger partial charge in [-0.15, -0.1) is 0 Å². The fourth-order valence-corrected chi connectivity index (χ4v) is 7.54. The second-order valence-electron chi connectivity index (χ2n) is 16.1. The Morgan fingerprint density at radius 3 is 1.49 bits per heavy atom. The Balaban J connectivity index is 0.00000178. The number of halogens is 2. The number of fused-ring (bicyclic) bond motifs is 4. The third-order valence-electron chi connectivity index (χ3n) is 9.58. The van der Waals surface area contributed by atoms with E-state index in [0.29, 0.717) is 11.8 Å². The Labute approximate surface area is 270 Å². The first-order valence-corrected chi connectivity index (χ1v) is 14.1. The Morgan fingerprint density at radius 1 is 0.667 bits per heavy atom. The molecule has 5 rings (SSSR count). The Kier molecular flexibility index (Phi) is 9.37. The van der Waals surface area contributed by atoms with Gasteiger partial charge >= 0.3 is 25.8 Å². The molecule has 3 aliphatic carbocycles. The fraction of sp³-hybridized carbons (Fsp3) is 0.556. The molecule has 0 amide bonds. The maximum Gasteiger partial charge on any atom is 2.00 e. The van der Waals surface area contributed by atoms with E-state index in [1.54, 1.807) is 16.7 Å². The van der Waals surface area contributed by atoms with Crippen LogP contribution >= 0.6 is 0 Å². The minimum Gasteiger partial charge on any atom is -1.00 e. The number of allylic oxidation sites excluding steroid dienone is 4. The molecule has 3 aliphatic rings. The summed E-state index contributed by atoms with van der Waals surface area (Å²) in [6.45, 7) is 28.7. The summed E-state index contributed by atoms with van der Waals surface area (Å²) >= 11 is 0. The molecule has 0 heterocycles. The number of hydrogen-bond donors (Lipinski definition) is 0. The van der Waals surface area contributed by atoms with Crippen molar-refractivity contribution in [1.82, 2.24) is 0 Å². The maximum absolute atomic E-state index is 2.65. The Morgan fingerprint density at radius 2 is 1.10 bits per heavy atom.